The van der Waals surface area contributed by atoms with Gasteiger partial charge in [-0.25, -0.2) is 9.97 Å². The van der Waals surface area contributed by atoms with E-state index < -0.39 is 0 Å². The lowest BCUT2D eigenvalue weighted by Crippen LogP contribution is -2.31. The van der Waals surface area contributed by atoms with Gasteiger partial charge in [0, 0.05) is 43.7 Å². The van der Waals surface area contributed by atoms with Crippen LogP contribution in [0, 0.1) is 0 Å². The third-order valence-electron chi connectivity index (χ3n) is 13.7. The summed E-state index contributed by atoms with van der Waals surface area (Å²) < 4.78 is 4.98. The van der Waals surface area contributed by atoms with Gasteiger partial charge in [-0.05, 0) is 65.7 Å². The highest BCUT2D eigenvalue weighted by Gasteiger charge is 2.39. The predicted molar refractivity (Wildman–Crippen MR) is 274 cm³/mol. The molecule has 0 fully saturated rings. The number of nitrogens with zero attached hydrogens (tertiary/aromatic N) is 5. The number of hydrogen-bond acceptors (Lipinski definition) is 3. The Kier molecular flexibility index (Phi) is 8.49. The lowest BCUT2D eigenvalue weighted by atomic mass is 9.73. The molecule has 0 spiro atoms. The minimum atomic E-state index is -0.258. The van der Waals surface area contributed by atoms with E-state index in [2.05, 4.69) is 246 Å². The van der Waals surface area contributed by atoms with E-state index in [1.165, 1.54) is 32.7 Å². The molecule has 0 amide bonds. The lowest BCUT2D eigenvalue weighted by molar-refractivity contribution is 0.632. The molecule has 13 rings (SSSR count). The summed E-state index contributed by atoms with van der Waals surface area (Å²) in [6.07, 6.45) is 0. The second-order valence-electron chi connectivity index (χ2n) is 17.8. The quantitative estimate of drug-likeness (QED) is 0.167. The van der Waals surface area contributed by atoms with Crippen LogP contribution in [0.4, 0.5) is 17.1 Å². The molecule has 1 aliphatic rings. The largest absolute Gasteiger partial charge is 0.307 e. The van der Waals surface area contributed by atoms with Gasteiger partial charge in [0.1, 0.15) is 0 Å². The lowest BCUT2D eigenvalue weighted by Gasteiger charge is -2.43. The van der Waals surface area contributed by atoms with Crippen LogP contribution in [0.5, 0.6) is 0 Å². The molecule has 0 aliphatic carbocycles. The van der Waals surface area contributed by atoms with E-state index in [1.807, 2.05) is 6.07 Å². The Morgan fingerprint density at radius 2 is 0.697 bits per heavy atom. The number of benzene rings is 9. The number of anilines is 3. The van der Waals surface area contributed by atoms with Crippen LogP contribution in [0.15, 0.2) is 224 Å². The SMILES string of the molecule is CC1(C)c2ccccc2N(c2c(-n3c4ccccc4c4ccccc43)cc(-c3cc(-c4ccccc4)nc(-c4ccccc4)n3)cc2-n2c3ccccc3c3ccccc32)c2ccccc21. The number of aromatic nitrogens is 4. The summed E-state index contributed by atoms with van der Waals surface area (Å²) in [4.78, 5) is 13.3. The van der Waals surface area contributed by atoms with Gasteiger partial charge < -0.3 is 14.0 Å². The van der Waals surface area contributed by atoms with Crippen LogP contribution < -0.4 is 4.90 Å². The maximum absolute atomic E-state index is 5.48. The molecular weight excluding hydrogens is 803 g/mol. The van der Waals surface area contributed by atoms with Crippen LogP contribution in [0.25, 0.3) is 88.9 Å². The summed E-state index contributed by atoms with van der Waals surface area (Å²) >= 11 is 0. The summed E-state index contributed by atoms with van der Waals surface area (Å²) in [5.41, 5.74) is 16.9. The highest BCUT2D eigenvalue weighted by atomic mass is 15.2. The van der Waals surface area contributed by atoms with Gasteiger partial charge in [0.25, 0.3) is 0 Å². The first-order valence-electron chi connectivity index (χ1n) is 22.7. The zero-order valence-electron chi connectivity index (χ0n) is 36.6. The van der Waals surface area contributed by atoms with Crippen LogP contribution >= 0.6 is 0 Å². The average molecular weight is 846 g/mol. The standard InChI is InChI=1S/C61H43N5/c1-61(2)47-29-13-19-35-55(47)66(56-36-20-14-30-48(56)61)59-57(64-51-31-15-9-25-43(51)44-26-10-16-32-52(44)64)37-42(38-58(59)65-53-33-17-11-27-45(53)46-28-12-18-34-54(46)65)50-39-49(40-21-5-3-6-22-40)62-60(63-50)41-23-7-4-8-24-41/h3-39H,1-2H3. The van der Waals surface area contributed by atoms with Crippen molar-refractivity contribution in [1.82, 2.24) is 19.1 Å². The third-order valence-corrected chi connectivity index (χ3v) is 13.7. The first-order chi connectivity index (χ1) is 32.5. The van der Waals surface area contributed by atoms with Gasteiger partial charge >= 0.3 is 0 Å². The second kappa shape index (κ2) is 14.8. The fourth-order valence-corrected chi connectivity index (χ4v) is 10.7. The zero-order chi connectivity index (χ0) is 43.9. The van der Waals surface area contributed by atoms with Gasteiger partial charge in [-0.2, -0.15) is 0 Å². The molecule has 0 bridgehead atoms. The Bertz CT molecular complexity index is 3510. The summed E-state index contributed by atoms with van der Waals surface area (Å²) in [7, 11) is 0. The van der Waals surface area contributed by atoms with E-state index in [0.717, 1.165) is 78.6 Å². The number of rotatable bonds is 6. The Labute approximate surface area is 383 Å². The molecule has 12 aromatic rings. The van der Waals surface area contributed by atoms with E-state index in [1.54, 1.807) is 0 Å². The molecule has 66 heavy (non-hydrogen) atoms. The number of fused-ring (bicyclic) bond motifs is 8. The van der Waals surface area contributed by atoms with Crippen LogP contribution in [0.3, 0.4) is 0 Å². The van der Waals surface area contributed by atoms with E-state index in [0.29, 0.717) is 5.82 Å². The molecular formula is C61H43N5. The van der Waals surface area contributed by atoms with Crippen LogP contribution in [0.1, 0.15) is 25.0 Å². The zero-order valence-corrected chi connectivity index (χ0v) is 36.6. The number of para-hydroxylation sites is 6. The van der Waals surface area contributed by atoms with Gasteiger partial charge in [-0.15, -0.1) is 0 Å². The highest BCUT2D eigenvalue weighted by Crippen LogP contribution is 2.56. The van der Waals surface area contributed by atoms with Gasteiger partial charge in [0.05, 0.1) is 61.9 Å². The minimum absolute atomic E-state index is 0.258. The topological polar surface area (TPSA) is 38.9 Å². The van der Waals surface area contributed by atoms with Gasteiger partial charge in [0.2, 0.25) is 0 Å². The van der Waals surface area contributed by atoms with E-state index in [-0.39, 0.29) is 5.41 Å². The molecule has 5 heteroatoms. The van der Waals surface area contributed by atoms with Crippen LogP contribution in [0.2, 0.25) is 0 Å². The monoisotopic (exact) mass is 845 g/mol. The molecule has 4 heterocycles. The van der Waals surface area contributed by atoms with E-state index >= 15 is 0 Å². The van der Waals surface area contributed by atoms with Crippen molar-refractivity contribution in [2.45, 2.75) is 19.3 Å². The predicted octanol–water partition coefficient (Wildman–Crippen LogP) is 15.8. The molecule has 0 atom stereocenters. The van der Waals surface area contributed by atoms with Crippen molar-refractivity contribution in [3.05, 3.63) is 236 Å². The van der Waals surface area contributed by atoms with Crippen molar-refractivity contribution in [2.75, 3.05) is 4.90 Å². The van der Waals surface area contributed by atoms with Crippen molar-refractivity contribution < 1.29 is 0 Å². The summed E-state index contributed by atoms with van der Waals surface area (Å²) in [6, 6.07) is 80.9. The van der Waals surface area contributed by atoms with Crippen molar-refractivity contribution in [3.8, 4) is 45.3 Å². The molecule has 1 aliphatic heterocycles. The molecule has 5 nitrogen and oxygen atoms in total. The van der Waals surface area contributed by atoms with Crippen LogP contribution in [-0.2, 0) is 5.41 Å². The minimum Gasteiger partial charge on any atom is -0.307 e. The van der Waals surface area contributed by atoms with Crippen LogP contribution in [-0.4, -0.2) is 19.1 Å². The molecule has 3 aromatic heterocycles. The maximum Gasteiger partial charge on any atom is 0.160 e. The fraction of sp³-hybridized carbons (Fsp3) is 0.0492. The Morgan fingerprint density at radius 3 is 1.15 bits per heavy atom. The summed E-state index contributed by atoms with van der Waals surface area (Å²) in [6.45, 7) is 4.72. The van der Waals surface area contributed by atoms with Gasteiger partial charge in [-0.1, -0.05) is 184 Å². The molecule has 0 unspecified atom stereocenters. The Morgan fingerprint density at radius 1 is 0.333 bits per heavy atom. The van der Waals surface area contributed by atoms with Crippen molar-refractivity contribution in [1.29, 1.82) is 0 Å². The molecule has 312 valence electrons. The average Bonchev–Trinajstić information content (AvgIpc) is 3.90. The molecule has 0 saturated heterocycles. The van der Waals surface area contributed by atoms with Crippen molar-refractivity contribution in [2.24, 2.45) is 0 Å². The maximum atomic E-state index is 5.48. The van der Waals surface area contributed by atoms with Crippen molar-refractivity contribution >= 4 is 60.7 Å². The molecule has 9 aromatic carbocycles. The highest BCUT2D eigenvalue weighted by molar-refractivity contribution is 6.13. The first kappa shape index (κ1) is 38.0. The van der Waals surface area contributed by atoms with Crippen molar-refractivity contribution in [3.63, 3.8) is 0 Å². The molecule has 0 radical (unpaired) electrons. The summed E-state index contributed by atoms with van der Waals surface area (Å²) in [5.74, 6) is 0.675. The first-order valence-corrected chi connectivity index (χ1v) is 22.7. The smallest absolute Gasteiger partial charge is 0.160 e. The van der Waals surface area contributed by atoms with Gasteiger partial charge in [0.15, 0.2) is 5.82 Å². The molecule has 0 saturated carbocycles. The van der Waals surface area contributed by atoms with E-state index in [9.17, 15) is 0 Å². The number of hydrogen-bond donors (Lipinski definition) is 0. The summed E-state index contributed by atoms with van der Waals surface area (Å²) in [5, 5.41) is 4.79. The van der Waals surface area contributed by atoms with Gasteiger partial charge in [-0.3, -0.25) is 0 Å². The Balaban J connectivity index is 1.25. The Hall–Kier alpha value is -8.54. The normalized spacial score (nSPS) is 13.1. The van der Waals surface area contributed by atoms with E-state index in [4.69, 9.17) is 9.97 Å². The molecule has 0 N–H and O–H groups in total. The fourth-order valence-electron chi connectivity index (χ4n) is 10.7. The third kappa shape index (κ3) is 5.73. The second-order valence-corrected chi connectivity index (χ2v) is 17.8.